The maximum absolute atomic E-state index is 12.4. The summed E-state index contributed by atoms with van der Waals surface area (Å²) in [6, 6.07) is 10.0. The van der Waals surface area contributed by atoms with Gasteiger partial charge in [0.2, 0.25) is 5.91 Å². The Morgan fingerprint density at radius 1 is 1.19 bits per heavy atom. The molecule has 0 aliphatic heterocycles. The first-order chi connectivity index (χ1) is 12.4. The molecule has 2 atom stereocenters. The predicted octanol–water partition coefficient (Wildman–Crippen LogP) is 1.72. The van der Waals surface area contributed by atoms with Gasteiger partial charge in [-0.3, -0.25) is 14.7 Å². The number of amides is 2. The molecule has 0 aliphatic carbocycles. The van der Waals surface area contributed by atoms with Crippen LogP contribution in [0.15, 0.2) is 36.4 Å². The number of benzene rings is 1. The zero-order valence-electron chi connectivity index (χ0n) is 15.3. The van der Waals surface area contributed by atoms with Crippen molar-refractivity contribution in [3.05, 3.63) is 42.1 Å². The Kier molecular flexibility index (Phi) is 6.91. The fourth-order valence-electron chi connectivity index (χ4n) is 2.41. The first-order valence-electron chi connectivity index (χ1n) is 8.76. The van der Waals surface area contributed by atoms with E-state index < -0.39 is 24.0 Å². The molecule has 26 heavy (non-hydrogen) atoms. The van der Waals surface area contributed by atoms with Crippen LogP contribution in [0.2, 0.25) is 0 Å². The number of H-pyrrole nitrogens is 1. The number of hydrogen-bond acceptors (Lipinski definition) is 4. The van der Waals surface area contributed by atoms with Gasteiger partial charge in [0.15, 0.2) is 0 Å². The lowest BCUT2D eigenvalue weighted by atomic mass is 10.1. The van der Waals surface area contributed by atoms with Crippen LogP contribution in [0.1, 0.15) is 37.7 Å². The van der Waals surface area contributed by atoms with E-state index in [4.69, 9.17) is 0 Å². The Balaban J connectivity index is 2.01. The number of aromatic nitrogens is 2. The number of aliphatic hydroxyl groups is 1. The predicted molar refractivity (Wildman–Crippen MR) is 99.4 cm³/mol. The van der Waals surface area contributed by atoms with Crippen LogP contribution in [0.3, 0.4) is 0 Å². The maximum Gasteiger partial charge on any atom is 0.270 e. The Morgan fingerprint density at radius 3 is 2.50 bits per heavy atom. The van der Waals surface area contributed by atoms with Gasteiger partial charge in [-0.2, -0.15) is 5.10 Å². The van der Waals surface area contributed by atoms with E-state index in [0.717, 1.165) is 12.0 Å². The molecule has 1 heterocycles. The Labute approximate surface area is 153 Å². The molecule has 2 amide bonds. The number of nitrogens with one attached hydrogen (secondary N) is 3. The van der Waals surface area contributed by atoms with Gasteiger partial charge < -0.3 is 15.7 Å². The van der Waals surface area contributed by atoms with Gasteiger partial charge in [-0.25, -0.2) is 0 Å². The molecule has 7 nitrogen and oxygen atoms in total. The average Bonchev–Trinajstić information content (AvgIpc) is 3.09. The molecule has 1 aromatic carbocycles. The van der Waals surface area contributed by atoms with Crippen LogP contribution in [0.4, 0.5) is 0 Å². The van der Waals surface area contributed by atoms with E-state index in [1.165, 1.54) is 6.92 Å². The quantitative estimate of drug-likeness (QED) is 0.576. The second-order valence-electron chi connectivity index (χ2n) is 6.70. The number of nitrogens with zero attached hydrogens (tertiary/aromatic N) is 1. The van der Waals surface area contributed by atoms with Crippen molar-refractivity contribution in [3.8, 4) is 11.3 Å². The standard InChI is InChI=1S/C19H26N4O3/c1-12(2)9-10-20-19(26)17(13(3)24)21-18(25)16-11-15(22-23-16)14-7-5-4-6-8-14/h4-8,11-13,17,24H,9-10H2,1-3H3,(H,20,26)(H,21,25)(H,22,23)/t13-,17+/m1/s1. The summed E-state index contributed by atoms with van der Waals surface area (Å²) >= 11 is 0. The highest BCUT2D eigenvalue weighted by Crippen LogP contribution is 2.16. The van der Waals surface area contributed by atoms with Crippen LogP contribution >= 0.6 is 0 Å². The van der Waals surface area contributed by atoms with Crippen LogP contribution in [-0.4, -0.2) is 45.8 Å². The molecular weight excluding hydrogens is 332 g/mol. The van der Waals surface area contributed by atoms with E-state index in [1.54, 1.807) is 6.07 Å². The third kappa shape index (κ3) is 5.42. The van der Waals surface area contributed by atoms with Crippen molar-refractivity contribution >= 4 is 11.8 Å². The molecule has 0 unspecified atom stereocenters. The van der Waals surface area contributed by atoms with Crippen molar-refractivity contribution in [3.63, 3.8) is 0 Å². The monoisotopic (exact) mass is 358 g/mol. The molecule has 140 valence electrons. The largest absolute Gasteiger partial charge is 0.391 e. The normalized spacial score (nSPS) is 13.3. The van der Waals surface area contributed by atoms with Crippen LogP contribution in [0.5, 0.6) is 0 Å². The fraction of sp³-hybridized carbons (Fsp3) is 0.421. The lowest BCUT2D eigenvalue weighted by Gasteiger charge is -2.20. The number of aliphatic hydroxyl groups excluding tert-OH is 1. The van der Waals surface area contributed by atoms with Gasteiger partial charge in [-0.05, 0) is 25.3 Å². The Bertz CT molecular complexity index is 725. The lowest BCUT2D eigenvalue weighted by molar-refractivity contribution is -0.125. The molecule has 0 fully saturated rings. The Morgan fingerprint density at radius 2 is 1.88 bits per heavy atom. The van der Waals surface area contributed by atoms with Crippen molar-refractivity contribution in [2.45, 2.75) is 39.3 Å². The Hall–Kier alpha value is -2.67. The molecule has 4 N–H and O–H groups in total. The number of rotatable bonds is 8. The van der Waals surface area contributed by atoms with E-state index in [9.17, 15) is 14.7 Å². The van der Waals surface area contributed by atoms with Crippen molar-refractivity contribution in [2.24, 2.45) is 5.92 Å². The molecule has 7 heteroatoms. The number of hydrogen-bond donors (Lipinski definition) is 4. The minimum Gasteiger partial charge on any atom is -0.391 e. The zero-order valence-corrected chi connectivity index (χ0v) is 15.3. The van der Waals surface area contributed by atoms with E-state index >= 15 is 0 Å². The van der Waals surface area contributed by atoms with Gasteiger partial charge in [0.05, 0.1) is 11.8 Å². The summed E-state index contributed by atoms with van der Waals surface area (Å²) < 4.78 is 0. The molecule has 0 saturated carbocycles. The fourth-order valence-corrected chi connectivity index (χ4v) is 2.41. The first kappa shape index (κ1) is 19.7. The minimum absolute atomic E-state index is 0.226. The topological polar surface area (TPSA) is 107 Å². The summed E-state index contributed by atoms with van der Waals surface area (Å²) in [4.78, 5) is 24.7. The second-order valence-corrected chi connectivity index (χ2v) is 6.70. The summed E-state index contributed by atoms with van der Waals surface area (Å²) in [6.07, 6.45) is -0.192. The summed E-state index contributed by atoms with van der Waals surface area (Å²) in [5, 5.41) is 22.0. The van der Waals surface area contributed by atoms with E-state index in [1.807, 2.05) is 30.3 Å². The van der Waals surface area contributed by atoms with Crippen LogP contribution < -0.4 is 10.6 Å². The van der Waals surface area contributed by atoms with Crippen molar-refractivity contribution < 1.29 is 14.7 Å². The van der Waals surface area contributed by atoms with Gasteiger partial charge in [0.1, 0.15) is 11.7 Å². The molecule has 0 bridgehead atoms. The van der Waals surface area contributed by atoms with E-state index in [0.29, 0.717) is 18.2 Å². The third-order valence-corrected chi connectivity index (χ3v) is 3.96. The summed E-state index contributed by atoms with van der Waals surface area (Å²) in [6.45, 7) is 6.08. The van der Waals surface area contributed by atoms with Crippen LogP contribution in [0, 0.1) is 5.92 Å². The smallest absolute Gasteiger partial charge is 0.270 e. The van der Waals surface area contributed by atoms with Crippen LogP contribution in [-0.2, 0) is 4.79 Å². The summed E-state index contributed by atoms with van der Waals surface area (Å²) in [7, 11) is 0. The second kappa shape index (κ2) is 9.15. The van der Waals surface area contributed by atoms with Gasteiger partial charge in [0.25, 0.3) is 5.91 Å². The molecule has 0 aliphatic rings. The molecule has 2 rings (SSSR count). The third-order valence-electron chi connectivity index (χ3n) is 3.96. The minimum atomic E-state index is -1.03. The van der Waals surface area contributed by atoms with E-state index in [-0.39, 0.29) is 5.69 Å². The number of carbonyl (C=O) groups is 2. The molecule has 0 radical (unpaired) electrons. The van der Waals surface area contributed by atoms with Gasteiger partial charge in [-0.1, -0.05) is 44.2 Å². The lowest BCUT2D eigenvalue weighted by Crippen LogP contribution is -2.52. The van der Waals surface area contributed by atoms with Gasteiger partial charge >= 0.3 is 0 Å². The SMILES string of the molecule is CC(C)CCNC(=O)[C@@H](NC(=O)c1cc(-c2ccccc2)n[nH]1)[C@@H](C)O. The summed E-state index contributed by atoms with van der Waals surface area (Å²) in [5.41, 5.74) is 1.73. The number of aromatic amines is 1. The zero-order chi connectivity index (χ0) is 19.1. The van der Waals surface area contributed by atoms with E-state index in [2.05, 4.69) is 34.7 Å². The molecule has 1 aromatic heterocycles. The maximum atomic E-state index is 12.4. The van der Waals surface area contributed by atoms with Crippen molar-refractivity contribution in [2.75, 3.05) is 6.54 Å². The highest BCUT2D eigenvalue weighted by atomic mass is 16.3. The highest BCUT2D eigenvalue weighted by molar-refractivity contribution is 5.97. The first-order valence-corrected chi connectivity index (χ1v) is 8.76. The van der Waals surface area contributed by atoms with Crippen LogP contribution in [0.25, 0.3) is 11.3 Å². The molecule has 0 spiro atoms. The van der Waals surface area contributed by atoms with Crippen molar-refractivity contribution in [1.82, 2.24) is 20.8 Å². The summed E-state index contributed by atoms with van der Waals surface area (Å²) in [5.74, 6) is -0.447. The van der Waals surface area contributed by atoms with Gasteiger partial charge in [-0.15, -0.1) is 0 Å². The molecule has 2 aromatic rings. The average molecular weight is 358 g/mol. The number of carbonyl (C=O) groups excluding carboxylic acids is 2. The molecule has 0 saturated heterocycles. The highest BCUT2D eigenvalue weighted by Gasteiger charge is 2.26. The van der Waals surface area contributed by atoms with Gasteiger partial charge in [0, 0.05) is 12.1 Å². The van der Waals surface area contributed by atoms with Crippen molar-refractivity contribution in [1.29, 1.82) is 0 Å². The molecular formula is C19H26N4O3.